The van der Waals surface area contributed by atoms with Crippen molar-refractivity contribution in [3.8, 4) is 0 Å². The highest BCUT2D eigenvalue weighted by molar-refractivity contribution is 8.01. The van der Waals surface area contributed by atoms with Crippen LogP contribution in [0.3, 0.4) is 0 Å². The van der Waals surface area contributed by atoms with Crippen molar-refractivity contribution < 1.29 is 67.1 Å². The van der Waals surface area contributed by atoms with Crippen LogP contribution in [0.1, 0.15) is 105 Å². The van der Waals surface area contributed by atoms with E-state index in [4.69, 9.17) is 9.47 Å². The Morgan fingerprint density at radius 2 is 1.57 bits per heavy atom. The number of allylic oxidation sites excluding steroid dienone is 4. The van der Waals surface area contributed by atoms with Crippen molar-refractivity contribution in [1.82, 2.24) is 16.0 Å². The van der Waals surface area contributed by atoms with Gasteiger partial charge in [-0.15, -0.1) is 11.8 Å². The molecule has 14 atom stereocenters. The summed E-state index contributed by atoms with van der Waals surface area (Å²) in [6.45, 7) is 8.58. The molecule has 0 bridgehead atoms. The molecule has 4 fully saturated rings. The maximum absolute atomic E-state index is 17.9. The molecule has 2 aromatic rings. The Morgan fingerprint density at radius 1 is 0.905 bits per heavy atom. The fraction of sp³-hybridized carbons (Fsp3) is 0.574. The van der Waals surface area contributed by atoms with Gasteiger partial charge in [-0.2, -0.15) is 0 Å². The standard InChI is InChI=1S/C54H68F2N4O12S2/c1-7-8-9-29(2)73-41(25-46(66)67)49(70)57-21-19-45(65)58-30(3)47(68)59-31(4)48(69)60-34-12-16-37(17-13-34)74-36-14-10-32(11-15-36)50-71-44-24-39-40-22-33(27-55)38-23-35(62)18-20-51(38,5)53(40,56)42(63)26-52(39,6)54(44,72-50)43(64)28-61/h10-18,20,23,29-31,33,39-42,44,50,61,63H,7-9,19,21-22,24-28H2,1-6H3,(H,57,70)(H,58,65)(H,59,68)(H,60,69)(H,66,67)/t29?,30-,31-,33+,39-,40-,41?,42-,44+,50+,51-,52-,53-,54+/m0/s1. The lowest BCUT2D eigenvalue weighted by molar-refractivity contribution is -0.235. The van der Waals surface area contributed by atoms with Gasteiger partial charge >= 0.3 is 5.97 Å². The lowest BCUT2D eigenvalue weighted by Crippen LogP contribution is -2.70. The molecule has 5 aliphatic rings. The van der Waals surface area contributed by atoms with Gasteiger partial charge in [0.05, 0.1) is 30.6 Å². The van der Waals surface area contributed by atoms with E-state index < -0.39 is 124 Å². The Balaban J connectivity index is 0.897. The molecule has 20 heteroatoms. The highest BCUT2D eigenvalue weighted by Crippen LogP contribution is 2.73. The average Bonchev–Trinajstić information content (AvgIpc) is 3.86. The van der Waals surface area contributed by atoms with Gasteiger partial charge in [0.15, 0.2) is 29.1 Å². The number of fused-ring (bicyclic) bond motifs is 7. The smallest absolute Gasteiger partial charge is 0.305 e. The first-order valence-electron chi connectivity index (χ1n) is 25.3. The highest BCUT2D eigenvalue weighted by Gasteiger charge is 2.80. The second-order valence-corrected chi connectivity index (χ2v) is 23.6. The van der Waals surface area contributed by atoms with E-state index in [0.29, 0.717) is 16.8 Å². The van der Waals surface area contributed by atoms with E-state index in [2.05, 4.69) is 28.2 Å². The number of carboxylic acids is 1. The van der Waals surface area contributed by atoms with Crippen LogP contribution in [0.5, 0.6) is 0 Å². The average molecular weight is 1070 g/mol. The Morgan fingerprint density at radius 3 is 2.20 bits per heavy atom. The fourth-order valence-electron chi connectivity index (χ4n) is 12.2. The molecule has 1 heterocycles. The van der Waals surface area contributed by atoms with Gasteiger partial charge in [0, 0.05) is 61.9 Å². The number of ketones is 2. The number of carbonyl (C=O) groups excluding carboxylic acids is 6. The van der Waals surface area contributed by atoms with Gasteiger partial charge < -0.3 is 46.1 Å². The molecule has 1 saturated heterocycles. The summed E-state index contributed by atoms with van der Waals surface area (Å²) < 4.78 is 45.8. The van der Waals surface area contributed by atoms with E-state index in [0.717, 1.165) is 29.1 Å². The second-order valence-electron chi connectivity index (χ2n) is 20.8. The molecule has 16 nitrogen and oxygen atoms in total. The Bertz CT molecular complexity index is 2530. The minimum Gasteiger partial charge on any atom is -0.481 e. The van der Waals surface area contributed by atoms with Crippen molar-refractivity contribution in [2.75, 3.05) is 25.1 Å². The second kappa shape index (κ2) is 23.1. The lowest BCUT2D eigenvalue weighted by Gasteiger charge is -2.63. The van der Waals surface area contributed by atoms with Gasteiger partial charge in [0.2, 0.25) is 23.6 Å². The number of amides is 4. The van der Waals surface area contributed by atoms with Gasteiger partial charge in [-0.05, 0) is 106 Å². The number of alkyl halides is 2. The summed E-state index contributed by atoms with van der Waals surface area (Å²) in [4.78, 5) is 90.8. The van der Waals surface area contributed by atoms with Crippen LogP contribution in [0.4, 0.5) is 14.5 Å². The zero-order valence-corrected chi connectivity index (χ0v) is 44.1. The summed E-state index contributed by atoms with van der Waals surface area (Å²) in [5.41, 5.74) is -5.32. The van der Waals surface area contributed by atoms with Crippen molar-refractivity contribution >= 4 is 70.4 Å². The van der Waals surface area contributed by atoms with Crippen LogP contribution >= 0.6 is 23.5 Å². The van der Waals surface area contributed by atoms with Crippen LogP contribution in [0.25, 0.3) is 0 Å². The van der Waals surface area contributed by atoms with Crippen LogP contribution in [0.2, 0.25) is 0 Å². The number of aliphatic carboxylic acids is 1. The molecule has 1 aliphatic heterocycles. The predicted octanol–water partition coefficient (Wildman–Crippen LogP) is 6.34. The third-order valence-corrected chi connectivity index (χ3v) is 18.4. The molecular weight excluding hydrogens is 999 g/mol. The summed E-state index contributed by atoms with van der Waals surface area (Å²) in [7, 11) is 0. The number of rotatable bonds is 22. The number of thioether (sulfide) groups is 1. The number of hydrogen-bond donors (Lipinski definition) is 7. The maximum Gasteiger partial charge on any atom is 0.305 e. The van der Waals surface area contributed by atoms with Gasteiger partial charge in [0.25, 0.3) is 0 Å². The van der Waals surface area contributed by atoms with Gasteiger partial charge in [-0.3, -0.25) is 38.0 Å². The molecule has 4 aliphatic carbocycles. The van der Waals surface area contributed by atoms with Crippen molar-refractivity contribution in [2.45, 2.75) is 155 Å². The first kappa shape index (κ1) is 56.7. The normalized spacial score (nSPS) is 31.3. The third kappa shape index (κ3) is 11.0. The minimum atomic E-state index is -2.28. The van der Waals surface area contributed by atoms with Crippen LogP contribution < -0.4 is 21.3 Å². The number of carbonyl (C=O) groups is 7. The number of unbranched alkanes of at least 4 members (excludes halogenated alkanes) is 1. The molecule has 0 radical (unpaired) electrons. The predicted molar refractivity (Wildman–Crippen MR) is 273 cm³/mol. The molecule has 2 aromatic carbocycles. The van der Waals surface area contributed by atoms with Crippen LogP contribution in [-0.4, -0.2) is 122 Å². The Hall–Kier alpha value is -4.99. The SMILES string of the molecule is CCCCC(C)SC(CC(=O)O)C(=O)NCCC(=O)N[C@@H](C)C(=O)N[C@@H](C)C(=O)Nc1ccc(Sc2ccc([C@@H]3O[C@@H]4C[C@H]5[C@@H]6C[C@H](CF)C7=CC(=O)C=C[C@]7(C)[C@@]6(F)[C@@H](O)C[C@]5(C)[C@]4(C(=O)CO)O3)cc2)cc1. The summed E-state index contributed by atoms with van der Waals surface area (Å²) in [5.74, 6) is -6.49. The summed E-state index contributed by atoms with van der Waals surface area (Å²) in [6, 6.07) is 12.3. The monoisotopic (exact) mass is 1070 g/mol. The number of aliphatic hydroxyl groups excluding tert-OH is 2. The molecule has 402 valence electrons. The number of ether oxygens (including phenoxy) is 2. The summed E-state index contributed by atoms with van der Waals surface area (Å²) >= 11 is 2.72. The number of halogens is 2. The number of anilines is 1. The highest BCUT2D eigenvalue weighted by atomic mass is 32.2. The number of hydrogen-bond acceptors (Lipinski definition) is 13. The van der Waals surface area contributed by atoms with E-state index in [1.807, 2.05) is 19.1 Å². The molecule has 0 spiro atoms. The van der Waals surface area contributed by atoms with E-state index in [1.54, 1.807) is 50.2 Å². The third-order valence-electron chi connectivity index (χ3n) is 16.0. The van der Waals surface area contributed by atoms with Gasteiger partial charge in [-0.1, -0.05) is 63.6 Å². The first-order valence-corrected chi connectivity index (χ1v) is 27.1. The minimum absolute atomic E-state index is 0.0129. The van der Waals surface area contributed by atoms with Crippen molar-refractivity contribution in [1.29, 1.82) is 0 Å². The van der Waals surface area contributed by atoms with E-state index in [9.17, 15) is 53.3 Å². The van der Waals surface area contributed by atoms with Crippen molar-refractivity contribution in [2.24, 2.45) is 28.6 Å². The van der Waals surface area contributed by atoms with Crippen LogP contribution in [0, 0.1) is 28.6 Å². The molecule has 74 heavy (non-hydrogen) atoms. The summed E-state index contributed by atoms with van der Waals surface area (Å²) in [5, 5.41) is 41.4. The Labute approximate surface area is 438 Å². The van der Waals surface area contributed by atoms with E-state index in [1.165, 1.54) is 55.6 Å². The molecular formula is C54H68F2N4O12S2. The number of benzene rings is 2. The number of carboxylic acid groups (broad SMARTS) is 1. The topological polar surface area (TPSA) is 247 Å². The van der Waals surface area contributed by atoms with Crippen molar-refractivity contribution in [3.05, 3.63) is 77.9 Å². The number of Topliss-reactive ketones (excluding diaryl/α,β-unsaturated/α-hetero) is 1. The summed E-state index contributed by atoms with van der Waals surface area (Å²) in [6.07, 6.45) is 2.73. The zero-order chi connectivity index (χ0) is 53.9. The number of nitrogens with one attached hydrogen (secondary N) is 4. The number of aliphatic hydroxyl groups is 2. The molecule has 4 amide bonds. The quantitative estimate of drug-likeness (QED) is 0.0681. The van der Waals surface area contributed by atoms with Crippen molar-refractivity contribution in [3.63, 3.8) is 0 Å². The lowest BCUT2D eigenvalue weighted by atomic mass is 9.43. The van der Waals surface area contributed by atoms with Gasteiger partial charge in [0.1, 0.15) is 18.7 Å². The molecule has 7 rings (SSSR count). The Kier molecular flexibility index (Phi) is 17.7. The molecule has 0 aromatic heterocycles. The van der Waals surface area contributed by atoms with Gasteiger partial charge in [-0.25, -0.2) is 4.39 Å². The molecule has 3 saturated carbocycles. The largest absolute Gasteiger partial charge is 0.481 e. The maximum atomic E-state index is 17.9. The van der Waals surface area contributed by atoms with E-state index in [-0.39, 0.29) is 49.7 Å². The molecule has 2 unspecified atom stereocenters. The zero-order valence-electron chi connectivity index (χ0n) is 42.5. The van der Waals surface area contributed by atoms with Crippen LogP contribution in [0.15, 0.2) is 82.1 Å². The van der Waals surface area contributed by atoms with E-state index >= 15 is 4.39 Å². The fourth-order valence-corrected chi connectivity index (χ4v) is 14.3. The van der Waals surface area contributed by atoms with Crippen LogP contribution in [-0.2, 0) is 43.0 Å². The first-order chi connectivity index (χ1) is 35.0. The molecule has 7 N–H and O–H groups in total.